The average molecular weight is 315 g/mol. The van der Waals surface area contributed by atoms with Crippen molar-refractivity contribution in [1.82, 2.24) is 9.78 Å². The van der Waals surface area contributed by atoms with Crippen LogP contribution in [0.2, 0.25) is 0 Å². The maximum Gasteiger partial charge on any atom is 0.244 e. The first-order chi connectivity index (χ1) is 11.0. The minimum Gasteiger partial charge on any atom is -0.381 e. The molecule has 1 fully saturated rings. The fourth-order valence-corrected chi connectivity index (χ4v) is 2.55. The van der Waals surface area contributed by atoms with Gasteiger partial charge in [-0.3, -0.25) is 9.48 Å². The van der Waals surface area contributed by atoms with Gasteiger partial charge in [-0.15, -0.1) is 0 Å². The van der Waals surface area contributed by atoms with Gasteiger partial charge in [-0.05, 0) is 31.0 Å². The van der Waals surface area contributed by atoms with Crippen molar-refractivity contribution in [3.05, 3.63) is 36.7 Å². The van der Waals surface area contributed by atoms with Crippen molar-refractivity contribution in [1.29, 1.82) is 0 Å². The zero-order valence-electron chi connectivity index (χ0n) is 13.1. The summed E-state index contributed by atoms with van der Waals surface area (Å²) in [5.74, 6) is -0.167. The third kappa shape index (κ3) is 3.69. The maximum absolute atomic E-state index is 12.4. The van der Waals surface area contributed by atoms with Gasteiger partial charge in [-0.2, -0.15) is 5.10 Å². The second kappa shape index (κ2) is 6.39. The number of aromatic nitrogens is 2. The molecule has 1 amide bonds. The van der Waals surface area contributed by atoms with Crippen molar-refractivity contribution in [3.8, 4) is 0 Å². The molecule has 0 aliphatic carbocycles. The van der Waals surface area contributed by atoms with Gasteiger partial charge in [0.1, 0.15) is 5.54 Å². The molecular formula is C16H21N5O2. The van der Waals surface area contributed by atoms with Crippen molar-refractivity contribution in [2.45, 2.75) is 18.4 Å². The number of carbonyl (C=O) groups excluding carboxylic acids is 1. The van der Waals surface area contributed by atoms with Crippen LogP contribution in [0, 0.1) is 0 Å². The van der Waals surface area contributed by atoms with Crippen LogP contribution in [-0.2, 0) is 16.6 Å². The number of hydrogen-bond acceptors (Lipinski definition) is 5. The van der Waals surface area contributed by atoms with Gasteiger partial charge in [-0.25, -0.2) is 0 Å². The summed E-state index contributed by atoms with van der Waals surface area (Å²) in [5.41, 5.74) is 7.80. The highest BCUT2D eigenvalue weighted by Crippen LogP contribution is 2.23. The normalized spacial score (nSPS) is 16.8. The molecule has 4 N–H and O–H groups in total. The minimum atomic E-state index is -0.856. The van der Waals surface area contributed by atoms with Gasteiger partial charge >= 0.3 is 0 Å². The van der Waals surface area contributed by atoms with E-state index in [4.69, 9.17) is 10.5 Å². The lowest BCUT2D eigenvalue weighted by molar-refractivity contribution is -0.124. The molecule has 1 aliphatic heterocycles. The van der Waals surface area contributed by atoms with E-state index < -0.39 is 5.54 Å². The molecule has 0 unspecified atom stereocenters. The van der Waals surface area contributed by atoms with E-state index in [1.807, 2.05) is 37.5 Å². The summed E-state index contributed by atoms with van der Waals surface area (Å²) in [5, 5.41) is 10.3. The van der Waals surface area contributed by atoms with E-state index in [0.29, 0.717) is 31.7 Å². The Hall–Kier alpha value is -2.38. The monoisotopic (exact) mass is 315 g/mol. The highest BCUT2D eigenvalue weighted by atomic mass is 16.5. The highest BCUT2D eigenvalue weighted by Gasteiger charge is 2.35. The van der Waals surface area contributed by atoms with Gasteiger partial charge in [0, 0.05) is 37.8 Å². The number of nitrogens with two attached hydrogens (primary N) is 1. The fourth-order valence-electron chi connectivity index (χ4n) is 2.55. The third-order valence-corrected chi connectivity index (χ3v) is 3.95. The fraction of sp³-hybridized carbons (Fsp3) is 0.375. The van der Waals surface area contributed by atoms with E-state index in [0.717, 1.165) is 11.4 Å². The largest absolute Gasteiger partial charge is 0.381 e. The molecular weight excluding hydrogens is 294 g/mol. The quantitative estimate of drug-likeness (QED) is 0.797. The molecule has 1 aromatic carbocycles. The lowest BCUT2D eigenvalue weighted by Crippen LogP contribution is -2.54. The number of anilines is 3. The van der Waals surface area contributed by atoms with E-state index in [1.54, 1.807) is 10.9 Å². The number of rotatable bonds is 4. The zero-order chi connectivity index (χ0) is 16.3. The van der Waals surface area contributed by atoms with Gasteiger partial charge in [0.15, 0.2) is 0 Å². The molecule has 23 heavy (non-hydrogen) atoms. The molecule has 0 radical (unpaired) electrons. The van der Waals surface area contributed by atoms with Crippen LogP contribution in [0.25, 0.3) is 0 Å². The molecule has 1 aromatic heterocycles. The number of aryl methyl sites for hydroxylation is 1. The summed E-state index contributed by atoms with van der Waals surface area (Å²) in [6.45, 7) is 1.04. The first-order valence-corrected chi connectivity index (χ1v) is 7.59. The summed E-state index contributed by atoms with van der Waals surface area (Å²) in [6, 6.07) is 7.51. The number of carbonyl (C=O) groups is 1. The summed E-state index contributed by atoms with van der Waals surface area (Å²) in [6.07, 6.45) is 4.68. The number of nitrogens with zero attached hydrogens (tertiary/aromatic N) is 2. The Balaban J connectivity index is 1.68. The van der Waals surface area contributed by atoms with Crippen LogP contribution in [0.5, 0.6) is 0 Å². The topological polar surface area (TPSA) is 94.2 Å². The number of hydrogen-bond donors (Lipinski definition) is 3. The number of nitrogens with one attached hydrogen (secondary N) is 2. The van der Waals surface area contributed by atoms with Gasteiger partial charge < -0.3 is 21.1 Å². The third-order valence-electron chi connectivity index (χ3n) is 3.95. The van der Waals surface area contributed by atoms with Crippen molar-refractivity contribution < 1.29 is 9.53 Å². The SMILES string of the molecule is Cn1cc(Nc2cccc(NC(=O)C3(N)CCOCC3)c2)cn1. The second-order valence-electron chi connectivity index (χ2n) is 5.83. The predicted molar refractivity (Wildman–Crippen MR) is 88.5 cm³/mol. The lowest BCUT2D eigenvalue weighted by Gasteiger charge is -2.31. The molecule has 7 nitrogen and oxygen atoms in total. The van der Waals surface area contributed by atoms with Gasteiger partial charge in [0.05, 0.1) is 11.9 Å². The Morgan fingerprint density at radius 2 is 2.04 bits per heavy atom. The van der Waals surface area contributed by atoms with Crippen molar-refractivity contribution in [2.24, 2.45) is 12.8 Å². The van der Waals surface area contributed by atoms with Crippen molar-refractivity contribution in [2.75, 3.05) is 23.8 Å². The molecule has 2 heterocycles. The molecule has 3 rings (SSSR count). The van der Waals surface area contributed by atoms with Crippen LogP contribution in [0.4, 0.5) is 17.1 Å². The van der Waals surface area contributed by atoms with Crippen LogP contribution in [-0.4, -0.2) is 34.4 Å². The lowest BCUT2D eigenvalue weighted by atomic mass is 9.90. The Labute approximate surface area is 134 Å². The number of amides is 1. The van der Waals surface area contributed by atoms with Crippen LogP contribution in [0.3, 0.4) is 0 Å². The first-order valence-electron chi connectivity index (χ1n) is 7.59. The summed E-state index contributed by atoms with van der Waals surface area (Å²) in [4.78, 5) is 12.4. The van der Waals surface area contributed by atoms with E-state index in [-0.39, 0.29) is 5.91 Å². The summed E-state index contributed by atoms with van der Waals surface area (Å²) >= 11 is 0. The van der Waals surface area contributed by atoms with Gasteiger partial charge in [-0.1, -0.05) is 6.07 Å². The maximum atomic E-state index is 12.4. The van der Waals surface area contributed by atoms with E-state index in [1.165, 1.54) is 0 Å². The molecule has 1 saturated heterocycles. The average Bonchev–Trinajstić information content (AvgIpc) is 2.93. The van der Waals surface area contributed by atoms with Gasteiger partial charge in [0.25, 0.3) is 0 Å². The minimum absolute atomic E-state index is 0.167. The Morgan fingerprint density at radius 1 is 1.30 bits per heavy atom. The Morgan fingerprint density at radius 3 is 2.74 bits per heavy atom. The van der Waals surface area contributed by atoms with Crippen LogP contribution < -0.4 is 16.4 Å². The second-order valence-corrected chi connectivity index (χ2v) is 5.83. The number of ether oxygens (including phenoxy) is 1. The molecule has 0 bridgehead atoms. The smallest absolute Gasteiger partial charge is 0.244 e. The molecule has 2 aromatic rings. The summed E-state index contributed by atoms with van der Waals surface area (Å²) in [7, 11) is 1.86. The molecule has 122 valence electrons. The van der Waals surface area contributed by atoms with E-state index >= 15 is 0 Å². The predicted octanol–water partition coefficient (Wildman–Crippen LogP) is 1.61. The van der Waals surface area contributed by atoms with Gasteiger partial charge in [0.2, 0.25) is 5.91 Å². The zero-order valence-corrected chi connectivity index (χ0v) is 13.1. The molecule has 0 saturated carbocycles. The standard InChI is InChI=1S/C16H21N5O2/c1-21-11-14(10-18-21)19-12-3-2-4-13(9-12)20-15(22)16(17)5-7-23-8-6-16/h2-4,9-11,19H,5-8,17H2,1H3,(H,20,22). The Bertz CT molecular complexity index is 691. The molecule has 7 heteroatoms. The highest BCUT2D eigenvalue weighted by molar-refractivity contribution is 5.98. The number of benzene rings is 1. The van der Waals surface area contributed by atoms with Crippen LogP contribution >= 0.6 is 0 Å². The molecule has 1 aliphatic rings. The first kappa shape index (κ1) is 15.5. The Kier molecular flexibility index (Phi) is 4.31. The van der Waals surface area contributed by atoms with Crippen molar-refractivity contribution in [3.63, 3.8) is 0 Å². The van der Waals surface area contributed by atoms with Crippen molar-refractivity contribution >= 4 is 23.0 Å². The van der Waals surface area contributed by atoms with E-state index in [2.05, 4.69) is 15.7 Å². The van der Waals surface area contributed by atoms with Crippen LogP contribution in [0.1, 0.15) is 12.8 Å². The molecule has 0 spiro atoms. The van der Waals surface area contributed by atoms with E-state index in [9.17, 15) is 4.79 Å². The molecule has 0 atom stereocenters. The van der Waals surface area contributed by atoms with Crippen LogP contribution in [0.15, 0.2) is 36.7 Å². The summed E-state index contributed by atoms with van der Waals surface area (Å²) < 4.78 is 6.99.